The first kappa shape index (κ1) is 20.4. The lowest BCUT2D eigenvalue weighted by Crippen LogP contribution is -2.44. The van der Waals surface area contributed by atoms with E-state index < -0.39 is 0 Å². The average Bonchev–Trinajstić information content (AvgIpc) is 2.67. The minimum Gasteiger partial charge on any atom is -0.477 e. The molecule has 6 nitrogen and oxygen atoms in total. The number of carbonyl (C=O) groups is 1. The number of nitrogens with zero attached hydrogens (tertiary/aromatic N) is 2. The zero-order valence-electron chi connectivity index (χ0n) is 16.5. The number of nitrogens with one attached hydrogen (secondary N) is 1. The van der Waals surface area contributed by atoms with E-state index in [0.29, 0.717) is 42.8 Å². The number of hydrogen-bond donors (Lipinski definition) is 1. The number of aryl methyl sites for hydroxylation is 1. The van der Waals surface area contributed by atoms with Crippen LogP contribution in [0.15, 0.2) is 30.3 Å². The van der Waals surface area contributed by atoms with E-state index in [2.05, 4.69) is 22.1 Å². The minimum absolute atomic E-state index is 0.204. The summed E-state index contributed by atoms with van der Waals surface area (Å²) >= 11 is 5.91. The summed E-state index contributed by atoms with van der Waals surface area (Å²) in [5.74, 6) is 0.973. The predicted molar refractivity (Wildman–Crippen MR) is 110 cm³/mol. The monoisotopic (exact) mass is 403 g/mol. The van der Waals surface area contributed by atoms with Crippen LogP contribution in [-0.2, 0) is 11.3 Å². The number of aromatic nitrogens is 1. The van der Waals surface area contributed by atoms with Crippen LogP contribution in [0.25, 0.3) is 0 Å². The fraction of sp³-hybridized carbons (Fsp3) is 0.429. The molecule has 0 radical (unpaired) electrons. The maximum Gasteiger partial charge on any atom is 0.257 e. The highest BCUT2D eigenvalue weighted by Gasteiger charge is 2.24. The second kappa shape index (κ2) is 9.26. The molecule has 1 amide bonds. The lowest BCUT2D eigenvalue weighted by Gasteiger charge is -2.34. The summed E-state index contributed by atoms with van der Waals surface area (Å²) in [4.78, 5) is 19.7. The van der Waals surface area contributed by atoms with Gasteiger partial charge in [-0.25, -0.2) is 0 Å². The van der Waals surface area contributed by atoms with E-state index in [9.17, 15) is 4.79 Å². The molecule has 1 atom stereocenters. The standard InChI is InChI=1S/C21H26ClN3O3/c1-4-28-21-19(20(26)23-12-16-5-7-17(22)8-6-16)14(2)11-18(24-21)25-9-10-27-13-15(25)3/h5-8,11,15H,4,9-10,12-13H2,1-3H3,(H,23,26)/t15-/m1/s1. The Morgan fingerprint density at radius 2 is 2.14 bits per heavy atom. The molecule has 1 aliphatic rings. The van der Waals surface area contributed by atoms with Crippen LogP contribution < -0.4 is 15.0 Å². The highest BCUT2D eigenvalue weighted by Crippen LogP contribution is 2.27. The van der Waals surface area contributed by atoms with Crippen molar-refractivity contribution in [1.82, 2.24) is 10.3 Å². The van der Waals surface area contributed by atoms with Gasteiger partial charge in [0, 0.05) is 18.1 Å². The normalized spacial score (nSPS) is 16.7. The quantitative estimate of drug-likeness (QED) is 0.798. The van der Waals surface area contributed by atoms with E-state index in [4.69, 9.17) is 21.1 Å². The highest BCUT2D eigenvalue weighted by molar-refractivity contribution is 6.30. The summed E-state index contributed by atoms with van der Waals surface area (Å²) in [5, 5.41) is 3.61. The molecule has 0 saturated carbocycles. The second-order valence-corrected chi connectivity index (χ2v) is 7.27. The van der Waals surface area contributed by atoms with Gasteiger partial charge in [-0.05, 0) is 50.1 Å². The summed E-state index contributed by atoms with van der Waals surface area (Å²) < 4.78 is 11.2. The number of morpholine rings is 1. The van der Waals surface area contributed by atoms with E-state index in [1.807, 2.05) is 32.0 Å². The van der Waals surface area contributed by atoms with Gasteiger partial charge in [0.25, 0.3) is 5.91 Å². The average molecular weight is 404 g/mol. The Kier molecular flexibility index (Phi) is 6.75. The van der Waals surface area contributed by atoms with Crippen LogP contribution in [0.3, 0.4) is 0 Å². The van der Waals surface area contributed by atoms with Crippen molar-refractivity contribution in [2.45, 2.75) is 33.4 Å². The van der Waals surface area contributed by atoms with Crippen molar-refractivity contribution in [2.24, 2.45) is 0 Å². The first-order valence-corrected chi connectivity index (χ1v) is 9.88. The maximum atomic E-state index is 12.9. The van der Waals surface area contributed by atoms with Gasteiger partial charge < -0.3 is 19.7 Å². The van der Waals surface area contributed by atoms with Gasteiger partial charge in [0.15, 0.2) is 0 Å². The molecular weight excluding hydrogens is 378 g/mol. The van der Waals surface area contributed by atoms with Crippen LogP contribution in [0.4, 0.5) is 5.82 Å². The van der Waals surface area contributed by atoms with Gasteiger partial charge in [0.1, 0.15) is 11.4 Å². The van der Waals surface area contributed by atoms with Crippen LogP contribution in [0.2, 0.25) is 5.02 Å². The molecule has 2 aromatic rings. The minimum atomic E-state index is -0.204. The number of halogens is 1. The number of benzene rings is 1. The topological polar surface area (TPSA) is 63.7 Å². The van der Waals surface area contributed by atoms with Crippen LogP contribution in [0.5, 0.6) is 5.88 Å². The maximum absolute atomic E-state index is 12.9. The molecule has 0 unspecified atom stereocenters. The summed E-state index contributed by atoms with van der Waals surface area (Å²) in [5.41, 5.74) is 2.28. The van der Waals surface area contributed by atoms with Gasteiger partial charge in [-0.15, -0.1) is 0 Å². The van der Waals surface area contributed by atoms with Gasteiger partial charge >= 0.3 is 0 Å². The third-order valence-electron chi connectivity index (χ3n) is 4.71. The van der Waals surface area contributed by atoms with Gasteiger partial charge in [-0.2, -0.15) is 4.98 Å². The Balaban J connectivity index is 1.82. The molecular formula is C21H26ClN3O3. The number of anilines is 1. The fourth-order valence-electron chi connectivity index (χ4n) is 3.23. The van der Waals surface area contributed by atoms with Crippen LogP contribution in [0, 0.1) is 6.92 Å². The number of amides is 1. The summed E-state index contributed by atoms with van der Waals surface area (Å²) in [6.45, 7) is 8.83. The first-order valence-electron chi connectivity index (χ1n) is 9.51. The largest absolute Gasteiger partial charge is 0.477 e. The van der Waals surface area contributed by atoms with Gasteiger partial charge in [0.2, 0.25) is 5.88 Å². The molecule has 1 saturated heterocycles. The second-order valence-electron chi connectivity index (χ2n) is 6.84. The molecule has 0 aliphatic carbocycles. The zero-order chi connectivity index (χ0) is 20.1. The van der Waals surface area contributed by atoms with E-state index in [1.165, 1.54) is 0 Å². The number of carbonyl (C=O) groups excluding carboxylic acids is 1. The molecule has 1 aliphatic heterocycles. The third-order valence-corrected chi connectivity index (χ3v) is 4.96. The van der Waals surface area contributed by atoms with Crippen LogP contribution in [-0.4, -0.2) is 43.3 Å². The predicted octanol–water partition coefficient (Wildman–Crippen LogP) is 3.60. The molecule has 0 bridgehead atoms. The van der Waals surface area contributed by atoms with Gasteiger partial charge in [0.05, 0.1) is 25.9 Å². The Labute approximate surface area is 170 Å². The Morgan fingerprint density at radius 1 is 1.39 bits per heavy atom. The van der Waals surface area contributed by atoms with Crippen LogP contribution in [0.1, 0.15) is 35.3 Å². The third kappa shape index (κ3) is 4.75. The van der Waals surface area contributed by atoms with Crippen molar-refractivity contribution in [2.75, 3.05) is 31.3 Å². The van der Waals surface area contributed by atoms with Crippen molar-refractivity contribution in [3.8, 4) is 5.88 Å². The molecule has 1 aromatic carbocycles. The summed E-state index contributed by atoms with van der Waals surface area (Å²) in [7, 11) is 0. The summed E-state index contributed by atoms with van der Waals surface area (Å²) in [6, 6.07) is 9.56. The number of rotatable bonds is 6. The molecule has 7 heteroatoms. The number of hydrogen-bond acceptors (Lipinski definition) is 5. The van der Waals surface area contributed by atoms with E-state index in [-0.39, 0.29) is 11.9 Å². The number of ether oxygens (including phenoxy) is 2. The molecule has 1 N–H and O–H groups in total. The smallest absolute Gasteiger partial charge is 0.257 e. The van der Waals surface area contributed by atoms with E-state index >= 15 is 0 Å². The van der Waals surface area contributed by atoms with Crippen molar-refractivity contribution in [3.63, 3.8) is 0 Å². The Hall–Kier alpha value is -2.31. The SMILES string of the molecule is CCOc1nc(N2CCOC[C@H]2C)cc(C)c1C(=O)NCc1ccc(Cl)cc1. The lowest BCUT2D eigenvalue weighted by atomic mass is 10.1. The zero-order valence-corrected chi connectivity index (χ0v) is 17.3. The van der Waals surface area contributed by atoms with Crippen LogP contribution >= 0.6 is 11.6 Å². The van der Waals surface area contributed by atoms with E-state index in [1.54, 1.807) is 12.1 Å². The molecule has 1 aromatic heterocycles. The van der Waals surface area contributed by atoms with Crippen molar-refractivity contribution in [1.29, 1.82) is 0 Å². The fourth-order valence-corrected chi connectivity index (χ4v) is 3.36. The van der Waals surface area contributed by atoms with E-state index in [0.717, 1.165) is 23.5 Å². The molecule has 2 heterocycles. The van der Waals surface area contributed by atoms with Crippen molar-refractivity contribution < 1.29 is 14.3 Å². The summed E-state index contributed by atoms with van der Waals surface area (Å²) in [6.07, 6.45) is 0. The lowest BCUT2D eigenvalue weighted by molar-refractivity contribution is 0.0943. The Morgan fingerprint density at radius 3 is 2.82 bits per heavy atom. The van der Waals surface area contributed by atoms with Gasteiger partial charge in [-0.3, -0.25) is 4.79 Å². The highest BCUT2D eigenvalue weighted by atomic mass is 35.5. The van der Waals surface area contributed by atoms with Crippen molar-refractivity contribution in [3.05, 3.63) is 52.0 Å². The molecule has 3 rings (SSSR count). The number of pyridine rings is 1. The Bertz CT molecular complexity index is 826. The molecule has 150 valence electrons. The van der Waals surface area contributed by atoms with Gasteiger partial charge in [-0.1, -0.05) is 23.7 Å². The molecule has 1 fully saturated rings. The first-order chi connectivity index (χ1) is 13.5. The molecule has 28 heavy (non-hydrogen) atoms. The van der Waals surface area contributed by atoms with Crippen molar-refractivity contribution >= 4 is 23.3 Å². The molecule has 0 spiro atoms.